The van der Waals surface area contributed by atoms with Gasteiger partial charge in [-0.2, -0.15) is 0 Å². The van der Waals surface area contributed by atoms with Crippen molar-refractivity contribution in [2.45, 2.75) is 25.1 Å². The minimum absolute atomic E-state index is 0.0393. The van der Waals surface area contributed by atoms with E-state index in [2.05, 4.69) is 5.32 Å². The molecule has 0 unspecified atom stereocenters. The first-order valence-electron chi connectivity index (χ1n) is 6.59. The third kappa shape index (κ3) is 4.52. The highest BCUT2D eigenvalue weighted by Crippen LogP contribution is 2.23. The van der Waals surface area contributed by atoms with E-state index < -0.39 is 9.84 Å². The molecule has 20 heavy (non-hydrogen) atoms. The van der Waals surface area contributed by atoms with Crippen LogP contribution in [-0.2, 0) is 21.2 Å². The molecule has 0 spiro atoms. The number of carbonyl (C=O) groups is 1. The van der Waals surface area contributed by atoms with E-state index in [1.807, 2.05) is 31.2 Å². The van der Waals surface area contributed by atoms with Gasteiger partial charge in [0.1, 0.15) is 0 Å². The highest BCUT2D eigenvalue weighted by atomic mass is 32.2. The van der Waals surface area contributed by atoms with Crippen molar-refractivity contribution in [3.63, 3.8) is 0 Å². The van der Waals surface area contributed by atoms with Crippen LogP contribution in [0.4, 0.5) is 0 Å². The Balaban J connectivity index is 1.73. The van der Waals surface area contributed by atoms with Crippen molar-refractivity contribution in [3.8, 4) is 0 Å². The maximum Gasteiger partial charge on any atom is 0.230 e. The fraction of sp³-hybridized carbons (Fsp3) is 0.500. The third-order valence-corrected chi connectivity index (χ3v) is 6.66. The molecule has 0 aliphatic carbocycles. The molecule has 2 rings (SSSR count). The number of hydrogen-bond donors (Lipinski definition) is 1. The Morgan fingerprint density at radius 1 is 1.40 bits per heavy atom. The molecule has 110 valence electrons. The molecule has 1 aliphatic heterocycles. The third-order valence-electron chi connectivity index (χ3n) is 3.38. The first kappa shape index (κ1) is 15.4. The lowest BCUT2D eigenvalue weighted by molar-refractivity contribution is -0.118. The fourth-order valence-electron chi connectivity index (χ4n) is 2.14. The molecule has 1 aromatic rings. The number of amides is 1. The Morgan fingerprint density at radius 3 is 2.80 bits per heavy atom. The Kier molecular flexibility index (Phi) is 5.10. The van der Waals surface area contributed by atoms with Crippen molar-refractivity contribution < 1.29 is 13.2 Å². The number of aryl methyl sites for hydroxylation is 1. The molecule has 1 atom stereocenters. The molecule has 1 N–H and O–H groups in total. The number of benzene rings is 1. The van der Waals surface area contributed by atoms with Crippen molar-refractivity contribution >= 4 is 27.5 Å². The Labute approximate surface area is 124 Å². The number of thioether (sulfide) groups is 1. The molecule has 0 radical (unpaired) electrons. The average molecular weight is 313 g/mol. The summed E-state index contributed by atoms with van der Waals surface area (Å²) in [6.45, 7) is 2.54. The lowest BCUT2D eigenvalue weighted by atomic mass is 10.1. The van der Waals surface area contributed by atoms with Gasteiger partial charge in [-0.05, 0) is 24.5 Å². The smallest absolute Gasteiger partial charge is 0.230 e. The van der Waals surface area contributed by atoms with Crippen LogP contribution in [0.1, 0.15) is 17.5 Å². The number of hydrogen-bond acceptors (Lipinski definition) is 4. The van der Waals surface area contributed by atoms with Crippen molar-refractivity contribution in [1.82, 2.24) is 5.32 Å². The second kappa shape index (κ2) is 6.63. The average Bonchev–Trinajstić information content (AvgIpc) is 2.75. The predicted molar refractivity (Wildman–Crippen MR) is 82.5 cm³/mol. The predicted octanol–water partition coefficient (Wildman–Crippen LogP) is 1.53. The van der Waals surface area contributed by atoms with Crippen LogP contribution in [0.25, 0.3) is 0 Å². The summed E-state index contributed by atoms with van der Waals surface area (Å²) in [7, 11) is -2.86. The Hall–Kier alpha value is -1.01. The van der Waals surface area contributed by atoms with Crippen molar-refractivity contribution in [2.24, 2.45) is 0 Å². The van der Waals surface area contributed by atoms with Gasteiger partial charge in [-0.15, -0.1) is 11.8 Å². The standard InChI is InChI=1S/C14H19NO3S2/c1-11-4-2-3-5-12(11)8-15-14(16)9-19-13-6-7-20(17,18)10-13/h2-5,13H,6-10H2,1H3,(H,15,16)/t13-/m1/s1. The second-order valence-corrected chi connectivity index (χ2v) is 8.56. The van der Waals surface area contributed by atoms with E-state index in [-0.39, 0.29) is 22.7 Å². The fourth-order valence-corrected chi connectivity index (χ4v) is 5.61. The summed E-state index contributed by atoms with van der Waals surface area (Å²) < 4.78 is 22.6. The molecular formula is C14H19NO3S2. The van der Waals surface area contributed by atoms with Crippen LogP contribution in [0.3, 0.4) is 0 Å². The van der Waals surface area contributed by atoms with Crippen LogP contribution in [0, 0.1) is 6.92 Å². The van der Waals surface area contributed by atoms with E-state index in [0.29, 0.717) is 18.7 Å². The zero-order chi connectivity index (χ0) is 14.6. The van der Waals surface area contributed by atoms with Gasteiger partial charge in [0.2, 0.25) is 5.91 Å². The van der Waals surface area contributed by atoms with Gasteiger partial charge in [0, 0.05) is 11.8 Å². The minimum atomic E-state index is -2.86. The molecule has 0 bridgehead atoms. The summed E-state index contributed by atoms with van der Waals surface area (Å²) in [5.74, 6) is 0.757. The monoisotopic (exact) mass is 313 g/mol. The quantitative estimate of drug-likeness (QED) is 0.895. The normalized spacial score (nSPS) is 20.8. The topological polar surface area (TPSA) is 63.2 Å². The maximum atomic E-state index is 11.8. The van der Waals surface area contributed by atoms with E-state index in [9.17, 15) is 13.2 Å². The van der Waals surface area contributed by atoms with Gasteiger partial charge < -0.3 is 5.32 Å². The van der Waals surface area contributed by atoms with E-state index in [1.165, 1.54) is 11.8 Å². The zero-order valence-electron chi connectivity index (χ0n) is 11.5. The first-order chi connectivity index (χ1) is 9.46. The molecule has 1 aromatic carbocycles. The number of rotatable bonds is 5. The Morgan fingerprint density at radius 2 is 2.15 bits per heavy atom. The lowest BCUT2D eigenvalue weighted by Gasteiger charge is -2.09. The summed E-state index contributed by atoms with van der Waals surface area (Å²) in [6, 6.07) is 7.93. The van der Waals surface area contributed by atoms with Crippen LogP contribution in [0.2, 0.25) is 0 Å². The summed E-state index contributed by atoms with van der Waals surface area (Å²) in [5, 5.41) is 2.95. The van der Waals surface area contributed by atoms with Gasteiger partial charge in [-0.1, -0.05) is 24.3 Å². The summed E-state index contributed by atoms with van der Waals surface area (Å²) in [5.41, 5.74) is 2.26. The SMILES string of the molecule is Cc1ccccc1CNC(=O)CS[C@@H]1CCS(=O)(=O)C1. The number of nitrogens with one attached hydrogen (secondary N) is 1. The number of sulfone groups is 1. The molecule has 1 saturated heterocycles. The van der Waals surface area contributed by atoms with Gasteiger partial charge in [0.05, 0.1) is 17.3 Å². The van der Waals surface area contributed by atoms with E-state index in [0.717, 1.165) is 11.1 Å². The van der Waals surface area contributed by atoms with E-state index in [4.69, 9.17) is 0 Å². The van der Waals surface area contributed by atoms with Crippen LogP contribution in [0.15, 0.2) is 24.3 Å². The van der Waals surface area contributed by atoms with Crippen molar-refractivity contribution in [1.29, 1.82) is 0 Å². The van der Waals surface area contributed by atoms with Gasteiger partial charge >= 0.3 is 0 Å². The summed E-state index contributed by atoms with van der Waals surface area (Å²) >= 11 is 1.44. The molecule has 6 heteroatoms. The van der Waals surface area contributed by atoms with Gasteiger partial charge in [0.15, 0.2) is 9.84 Å². The highest BCUT2D eigenvalue weighted by Gasteiger charge is 2.28. The van der Waals surface area contributed by atoms with E-state index in [1.54, 1.807) is 0 Å². The zero-order valence-corrected chi connectivity index (χ0v) is 13.1. The molecule has 0 aromatic heterocycles. The van der Waals surface area contributed by atoms with Gasteiger partial charge in [-0.3, -0.25) is 4.79 Å². The van der Waals surface area contributed by atoms with Crippen LogP contribution in [0.5, 0.6) is 0 Å². The van der Waals surface area contributed by atoms with Crippen LogP contribution < -0.4 is 5.32 Å². The van der Waals surface area contributed by atoms with Crippen LogP contribution >= 0.6 is 11.8 Å². The molecule has 1 heterocycles. The van der Waals surface area contributed by atoms with Crippen LogP contribution in [-0.4, -0.2) is 36.8 Å². The van der Waals surface area contributed by atoms with Gasteiger partial charge in [0.25, 0.3) is 0 Å². The minimum Gasteiger partial charge on any atom is -0.351 e. The largest absolute Gasteiger partial charge is 0.351 e. The summed E-state index contributed by atoms with van der Waals surface area (Å²) in [4.78, 5) is 11.8. The summed E-state index contributed by atoms with van der Waals surface area (Å²) in [6.07, 6.45) is 0.665. The maximum absolute atomic E-state index is 11.8. The molecule has 1 amide bonds. The van der Waals surface area contributed by atoms with Gasteiger partial charge in [-0.25, -0.2) is 8.42 Å². The number of carbonyl (C=O) groups excluding carboxylic acids is 1. The highest BCUT2D eigenvalue weighted by molar-refractivity contribution is 8.02. The molecule has 1 fully saturated rings. The lowest BCUT2D eigenvalue weighted by Crippen LogP contribution is -2.26. The first-order valence-corrected chi connectivity index (χ1v) is 9.46. The molecule has 4 nitrogen and oxygen atoms in total. The Bertz CT molecular complexity index is 584. The van der Waals surface area contributed by atoms with Crippen molar-refractivity contribution in [2.75, 3.05) is 17.3 Å². The molecule has 1 aliphatic rings. The molecular weight excluding hydrogens is 294 g/mol. The van der Waals surface area contributed by atoms with Crippen molar-refractivity contribution in [3.05, 3.63) is 35.4 Å². The molecule has 0 saturated carbocycles. The second-order valence-electron chi connectivity index (χ2n) is 5.04. The van der Waals surface area contributed by atoms with E-state index >= 15 is 0 Å².